The lowest BCUT2D eigenvalue weighted by atomic mass is 10.0. The fraction of sp³-hybridized carbons (Fsp3) is 0.588. The number of hydrogen-bond acceptors (Lipinski definition) is 8. The van der Waals surface area contributed by atoms with Crippen molar-refractivity contribution in [1.29, 1.82) is 0 Å². The van der Waals surface area contributed by atoms with Crippen LogP contribution in [0.1, 0.15) is 39.6 Å². The number of amides is 1. The first-order valence-corrected chi connectivity index (χ1v) is 8.77. The van der Waals surface area contributed by atoms with Gasteiger partial charge in [0.25, 0.3) is 11.8 Å². The van der Waals surface area contributed by atoms with Crippen LogP contribution in [-0.4, -0.2) is 74.9 Å². The first-order valence-electron chi connectivity index (χ1n) is 8.77. The van der Waals surface area contributed by atoms with Gasteiger partial charge in [0.15, 0.2) is 5.82 Å². The van der Waals surface area contributed by atoms with Gasteiger partial charge in [-0.15, -0.1) is 0 Å². The number of nitrogens with zero attached hydrogens (tertiary/aromatic N) is 6. The number of rotatable bonds is 3. The SMILES string of the molecule is Cc1cc(C(=O)N2CC(N3CCOC(c4nc(C)no4)C3)C2)c(C)nn1. The number of aryl methyl sites for hydroxylation is 3. The van der Waals surface area contributed by atoms with Gasteiger partial charge >= 0.3 is 0 Å². The van der Waals surface area contributed by atoms with Crippen LogP contribution in [0.5, 0.6) is 0 Å². The molecule has 1 unspecified atom stereocenters. The molecule has 9 nitrogen and oxygen atoms in total. The highest BCUT2D eigenvalue weighted by molar-refractivity contribution is 5.95. The number of carbonyl (C=O) groups excluding carboxylic acids is 1. The molecule has 0 aromatic carbocycles. The van der Waals surface area contributed by atoms with Crippen LogP contribution in [0.2, 0.25) is 0 Å². The highest BCUT2D eigenvalue weighted by Gasteiger charge is 2.39. The summed E-state index contributed by atoms with van der Waals surface area (Å²) in [5.74, 6) is 1.15. The Labute approximate surface area is 151 Å². The Kier molecular flexibility index (Phi) is 4.41. The monoisotopic (exact) mass is 358 g/mol. The number of morpholine rings is 1. The summed E-state index contributed by atoms with van der Waals surface area (Å²) in [6.07, 6.45) is -0.205. The molecule has 2 aromatic heterocycles. The van der Waals surface area contributed by atoms with Crippen molar-refractivity contribution >= 4 is 5.91 Å². The molecular formula is C17H22N6O3. The summed E-state index contributed by atoms with van der Waals surface area (Å²) in [5.41, 5.74) is 2.06. The van der Waals surface area contributed by atoms with Gasteiger partial charge < -0.3 is 14.2 Å². The molecule has 2 aromatic rings. The zero-order valence-electron chi connectivity index (χ0n) is 15.2. The standard InChI is InChI=1S/C17H22N6O3/c1-10-6-14(11(2)20-19-10)17(24)23-7-13(8-23)22-4-5-25-15(9-22)16-18-12(3)21-26-16/h6,13,15H,4-5,7-9H2,1-3H3. The van der Waals surface area contributed by atoms with E-state index in [1.807, 2.05) is 18.7 Å². The quantitative estimate of drug-likeness (QED) is 0.790. The van der Waals surface area contributed by atoms with E-state index in [2.05, 4.69) is 25.2 Å². The van der Waals surface area contributed by atoms with Crippen LogP contribution in [-0.2, 0) is 4.74 Å². The number of likely N-dealkylation sites (tertiary alicyclic amines) is 1. The maximum atomic E-state index is 12.7. The average Bonchev–Trinajstić information content (AvgIpc) is 3.02. The maximum Gasteiger partial charge on any atom is 0.257 e. The van der Waals surface area contributed by atoms with E-state index in [9.17, 15) is 4.79 Å². The first kappa shape index (κ1) is 17.0. The van der Waals surface area contributed by atoms with Gasteiger partial charge in [0, 0.05) is 32.2 Å². The Morgan fingerprint density at radius 1 is 1.19 bits per heavy atom. The fourth-order valence-corrected chi connectivity index (χ4v) is 3.38. The van der Waals surface area contributed by atoms with Crippen molar-refractivity contribution in [3.05, 3.63) is 34.7 Å². The van der Waals surface area contributed by atoms with E-state index < -0.39 is 0 Å². The molecule has 4 rings (SSSR count). The first-order chi connectivity index (χ1) is 12.5. The Morgan fingerprint density at radius 3 is 2.73 bits per heavy atom. The Bertz CT molecular complexity index is 817. The van der Waals surface area contributed by atoms with Gasteiger partial charge in [0.05, 0.1) is 23.6 Å². The minimum Gasteiger partial charge on any atom is -0.366 e. The molecule has 1 atom stereocenters. The van der Waals surface area contributed by atoms with E-state index in [-0.39, 0.29) is 12.0 Å². The molecule has 1 amide bonds. The molecule has 0 aliphatic carbocycles. The van der Waals surface area contributed by atoms with Crippen LogP contribution in [0.25, 0.3) is 0 Å². The molecule has 138 valence electrons. The zero-order chi connectivity index (χ0) is 18.3. The van der Waals surface area contributed by atoms with Gasteiger partial charge in [-0.25, -0.2) is 0 Å². The van der Waals surface area contributed by atoms with Crippen molar-refractivity contribution in [2.75, 3.05) is 32.8 Å². The van der Waals surface area contributed by atoms with Gasteiger partial charge in [-0.3, -0.25) is 9.69 Å². The van der Waals surface area contributed by atoms with Crippen LogP contribution in [0, 0.1) is 20.8 Å². The van der Waals surface area contributed by atoms with Crippen molar-refractivity contribution in [1.82, 2.24) is 30.1 Å². The van der Waals surface area contributed by atoms with Crippen LogP contribution in [0.3, 0.4) is 0 Å². The summed E-state index contributed by atoms with van der Waals surface area (Å²) in [5, 5.41) is 11.9. The minimum atomic E-state index is -0.205. The van der Waals surface area contributed by atoms with Crippen molar-refractivity contribution in [3.63, 3.8) is 0 Å². The van der Waals surface area contributed by atoms with Crippen molar-refractivity contribution in [2.24, 2.45) is 0 Å². The van der Waals surface area contributed by atoms with Crippen molar-refractivity contribution < 1.29 is 14.1 Å². The molecule has 0 radical (unpaired) electrons. The molecule has 9 heteroatoms. The molecule has 2 aliphatic heterocycles. The van der Waals surface area contributed by atoms with Gasteiger partial charge in [0.1, 0.15) is 6.10 Å². The largest absolute Gasteiger partial charge is 0.366 e. The third kappa shape index (κ3) is 3.19. The number of hydrogen-bond donors (Lipinski definition) is 0. The smallest absolute Gasteiger partial charge is 0.257 e. The van der Waals surface area contributed by atoms with E-state index in [0.29, 0.717) is 55.3 Å². The Morgan fingerprint density at radius 2 is 2.00 bits per heavy atom. The zero-order valence-corrected chi connectivity index (χ0v) is 15.2. The highest BCUT2D eigenvalue weighted by Crippen LogP contribution is 2.26. The summed E-state index contributed by atoms with van der Waals surface area (Å²) in [4.78, 5) is 21.2. The molecule has 0 bridgehead atoms. The molecule has 26 heavy (non-hydrogen) atoms. The second-order valence-electron chi connectivity index (χ2n) is 6.88. The minimum absolute atomic E-state index is 0.0223. The summed E-state index contributed by atoms with van der Waals surface area (Å²) in [6.45, 7) is 9.01. The van der Waals surface area contributed by atoms with Crippen LogP contribution in [0.4, 0.5) is 0 Å². The topological polar surface area (TPSA) is 97.5 Å². The number of carbonyl (C=O) groups is 1. The van der Waals surface area contributed by atoms with Crippen LogP contribution >= 0.6 is 0 Å². The summed E-state index contributed by atoms with van der Waals surface area (Å²) >= 11 is 0. The molecule has 2 saturated heterocycles. The Hall–Kier alpha value is -2.39. The third-order valence-electron chi connectivity index (χ3n) is 4.91. The van der Waals surface area contributed by atoms with E-state index in [1.54, 1.807) is 13.0 Å². The predicted octanol–water partition coefficient (Wildman–Crippen LogP) is 0.683. The molecule has 2 fully saturated rings. The second kappa shape index (κ2) is 6.73. The van der Waals surface area contributed by atoms with Crippen LogP contribution in [0.15, 0.2) is 10.6 Å². The lowest BCUT2D eigenvalue weighted by Crippen LogP contribution is -2.63. The van der Waals surface area contributed by atoms with Crippen LogP contribution < -0.4 is 0 Å². The molecule has 2 aliphatic rings. The lowest BCUT2D eigenvalue weighted by Gasteiger charge is -2.47. The van der Waals surface area contributed by atoms with E-state index in [4.69, 9.17) is 9.26 Å². The van der Waals surface area contributed by atoms with Gasteiger partial charge in [-0.2, -0.15) is 15.2 Å². The molecule has 4 heterocycles. The molecule has 0 N–H and O–H groups in total. The second-order valence-corrected chi connectivity index (χ2v) is 6.88. The molecule has 0 saturated carbocycles. The average molecular weight is 358 g/mol. The summed E-state index contributed by atoms with van der Waals surface area (Å²) < 4.78 is 11.0. The lowest BCUT2D eigenvalue weighted by molar-refractivity contribution is -0.0782. The number of ether oxygens (including phenoxy) is 1. The molecular weight excluding hydrogens is 336 g/mol. The van der Waals surface area contributed by atoms with Gasteiger partial charge in [-0.05, 0) is 26.8 Å². The highest BCUT2D eigenvalue weighted by atomic mass is 16.5. The summed E-state index contributed by atoms with van der Waals surface area (Å²) in [7, 11) is 0. The van der Waals surface area contributed by atoms with E-state index >= 15 is 0 Å². The third-order valence-corrected chi connectivity index (χ3v) is 4.91. The van der Waals surface area contributed by atoms with E-state index in [0.717, 1.165) is 12.2 Å². The Balaban J connectivity index is 1.37. The maximum absolute atomic E-state index is 12.7. The van der Waals surface area contributed by atoms with Gasteiger partial charge in [-0.1, -0.05) is 5.16 Å². The van der Waals surface area contributed by atoms with Crippen molar-refractivity contribution in [3.8, 4) is 0 Å². The number of aromatic nitrogens is 4. The normalized spacial score (nSPS) is 21.7. The predicted molar refractivity (Wildman–Crippen MR) is 90.5 cm³/mol. The van der Waals surface area contributed by atoms with Crippen molar-refractivity contribution in [2.45, 2.75) is 32.9 Å². The fourth-order valence-electron chi connectivity index (χ4n) is 3.38. The summed E-state index contributed by atoms with van der Waals surface area (Å²) in [6, 6.07) is 2.13. The van der Waals surface area contributed by atoms with Gasteiger partial charge in [0.2, 0.25) is 0 Å². The molecule has 0 spiro atoms. The van der Waals surface area contributed by atoms with E-state index in [1.165, 1.54) is 0 Å².